The molecule has 3 N–H and O–H groups in total. The van der Waals surface area contributed by atoms with Crippen molar-refractivity contribution >= 4 is 10.9 Å². The monoisotopic (exact) mass is 442 g/mol. The average molecular weight is 443 g/mol. The van der Waals surface area contributed by atoms with Crippen molar-refractivity contribution in [2.75, 3.05) is 13.1 Å². The van der Waals surface area contributed by atoms with Crippen molar-refractivity contribution in [1.82, 2.24) is 9.88 Å². The third-order valence-corrected chi connectivity index (χ3v) is 7.79. The largest absolute Gasteiger partial charge is 0.508 e. The van der Waals surface area contributed by atoms with E-state index in [0.29, 0.717) is 24.8 Å². The summed E-state index contributed by atoms with van der Waals surface area (Å²) < 4.78 is 14.8. The maximum Gasteiger partial charge on any atom is 0.132 e. The van der Waals surface area contributed by atoms with Crippen molar-refractivity contribution in [3.05, 3.63) is 101 Å². The van der Waals surface area contributed by atoms with Crippen LogP contribution in [0.2, 0.25) is 0 Å². The first kappa shape index (κ1) is 20.5. The molecule has 1 aromatic heterocycles. The molecule has 2 heterocycles. The minimum Gasteiger partial charge on any atom is -0.508 e. The van der Waals surface area contributed by atoms with Gasteiger partial charge in [0, 0.05) is 47.9 Å². The first-order chi connectivity index (χ1) is 16.0. The molecule has 2 aliphatic rings. The lowest BCUT2D eigenvalue weighted by Crippen LogP contribution is -2.66. The lowest BCUT2D eigenvalue weighted by molar-refractivity contribution is -0.105. The number of piperidine rings is 1. The Balaban J connectivity index is 1.47. The number of fused-ring (bicyclic) bond motifs is 4. The lowest BCUT2D eigenvalue weighted by Gasteiger charge is -2.56. The summed E-state index contributed by atoms with van der Waals surface area (Å²) in [6, 6.07) is 22.7. The number of phenolic OH excluding ortho intramolecular Hbond substituents is 1. The molecule has 33 heavy (non-hydrogen) atoms. The number of β-amino-alcohol motifs (C(OH)–C–C–N with tert-alkyl or cyclic N) is 1. The van der Waals surface area contributed by atoms with E-state index in [1.807, 2.05) is 36.4 Å². The first-order valence-electron chi connectivity index (χ1n) is 11.5. The molecular weight excluding hydrogens is 415 g/mol. The smallest absolute Gasteiger partial charge is 0.132 e. The van der Waals surface area contributed by atoms with Crippen LogP contribution >= 0.6 is 0 Å². The zero-order chi connectivity index (χ0) is 22.6. The van der Waals surface area contributed by atoms with Crippen LogP contribution in [0.3, 0.4) is 0 Å². The number of aromatic hydroxyl groups is 1. The molecule has 1 aliphatic heterocycles. The van der Waals surface area contributed by atoms with Gasteiger partial charge >= 0.3 is 0 Å². The molecule has 3 aromatic carbocycles. The molecule has 0 bridgehead atoms. The fourth-order valence-electron chi connectivity index (χ4n) is 6.22. The summed E-state index contributed by atoms with van der Waals surface area (Å²) in [6.07, 6.45) is 1.69. The van der Waals surface area contributed by atoms with Gasteiger partial charge < -0.3 is 15.2 Å². The minimum atomic E-state index is -1.10. The number of likely N-dealkylation sites (tertiary alicyclic amines) is 1. The quantitative estimate of drug-likeness (QED) is 0.432. The van der Waals surface area contributed by atoms with E-state index in [1.54, 1.807) is 18.2 Å². The van der Waals surface area contributed by atoms with Gasteiger partial charge in [-0.1, -0.05) is 48.5 Å². The maximum absolute atomic E-state index is 14.8. The highest BCUT2D eigenvalue weighted by molar-refractivity contribution is 5.86. The fourth-order valence-corrected chi connectivity index (χ4v) is 6.22. The summed E-state index contributed by atoms with van der Waals surface area (Å²) >= 11 is 0. The van der Waals surface area contributed by atoms with Gasteiger partial charge in [-0.2, -0.15) is 0 Å². The number of phenols is 1. The third kappa shape index (κ3) is 3.18. The number of hydrogen-bond acceptors (Lipinski definition) is 3. The highest BCUT2D eigenvalue weighted by Crippen LogP contribution is 2.52. The Bertz CT molecular complexity index is 1330. The standard InChI is InChI=1S/C28H27FN2O2/c29-23-10-5-11-24-26(23)22-15-28(33)18-31(17-19-6-2-1-3-7-19)13-12-27(28,16-25(22)30-24)20-8-4-9-21(32)14-20/h1-11,14,30,32-33H,12-13,15-18H2. The topological polar surface area (TPSA) is 59.5 Å². The number of nitrogens with one attached hydrogen (secondary N) is 1. The van der Waals surface area contributed by atoms with Crippen LogP contribution in [0.15, 0.2) is 72.8 Å². The Morgan fingerprint density at radius 2 is 1.79 bits per heavy atom. The maximum atomic E-state index is 14.8. The predicted molar refractivity (Wildman–Crippen MR) is 127 cm³/mol. The van der Waals surface area contributed by atoms with Crippen molar-refractivity contribution in [2.45, 2.75) is 36.8 Å². The van der Waals surface area contributed by atoms with E-state index >= 15 is 0 Å². The summed E-state index contributed by atoms with van der Waals surface area (Å²) in [5.41, 5.74) is 3.12. The van der Waals surface area contributed by atoms with E-state index in [0.717, 1.165) is 41.8 Å². The van der Waals surface area contributed by atoms with Crippen LogP contribution in [-0.4, -0.2) is 38.8 Å². The summed E-state index contributed by atoms with van der Waals surface area (Å²) in [5, 5.41) is 23.2. The number of rotatable bonds is 3. The number of hydrogen-bond donors (Lipinski definition) is 3. The molecule has 5 heteroatoms. The van der Waals surface area contributed by atoms with Gasteiger partial charge in [-0.15, -0.1) is 0 Å². The van der Waals surface area contributed by atoms with Gasteiger partial charge in [0.1, 0.15) is 11.6 Å². The number of aromatic nitrogens is 1. The molecule has 1 aliphatic carbocycles. The lowest BCUT2D eigenvalue weighted by atomic mass is 9.56. The molecule has 1 saturated heterocycles. The number of aromatic amines is 1. The van der Waals surface area contributed by atoms with Crippen molar-refractivity contribution in [3.63, 3.8) is 0 Å². The molecule has 4 nitrogen and oxygen atoms in total. The molecule has 168 valence electrons. The molecule has 1 fully saturated rings. The molecule has 0 spiro atoms. The van der Waals surface area contributed by atoms with E-state index in [-0.39, 0.29) is 11.6 Å². The van der Waals surface area contributed by atoms with Gasteiger partial charge in [0.2, 0.25) is 0 Å². The summed E-state index contributed by atoms with van der Waals surface area (Å²) in [4.78, 5) is 5.74. The molecule has 0 saturated carbocycles. The molecular formula is C28H27FN2O2. The van der Waals surface area contributed by atoms with Crippen LogP contribution in [0, 0.1) is 5.82 Å². The van der Waals surface area contributed by atoms with Crippen molar-refractivity contribution in [2.24, 2.45) is 0 Å². The van der Waals surface area contributed by atoms with Crippen molar-refractivity contribution in [1.29, 1.82) is 0 Å². The number of benzene rings is 3. The Hall–Kier alpha value is -3.15. The normalized spacial score (nSPS) is 25.0. The molecule has 6 rings (SSSR count). The van der Waals surface area contributed by atoms with Crippen LogP contribution in [-0.2, 0) is 24.8 Å². The van der Waals surface area contributed by atoms with Crippen LogP contribution in [0.5, 0.6) is 5.75 Å². The van der Waals surface area contributed by atoms with Gasteiger partial charge in [0.05, 0.1) is 5.60 Å². The van der Waals surface area contributed by atoms with Crippen molar-refractivity contribution < 1.29 is 14.6 Å². The predicted octanol–water partition coefficient (Wildman–Crippen LogP) is 4.69. The van der Waals surface area contributed by atoms with E-state index in [2.05, 4.69) is 22.0 Å². The van der Waals surface area contributed by atoms with E-state index in [9.17, 15) is 14.6 Å². The van der Waals surface area contributed by atoms with Crippen LogP contribution in [0.25, 0.3) is 10.9 Å². The van der Waals surface area contributed by atoms with Crippen LogP contribution < -0.4 is 0 Å². The fraction of sp³-hybridized carbons (Fsp3) is 0.286. The number of halogens is 1. The number of nitrogens with zero attached hydrogens (tertiary/aromatic N) is 1. The molecule has 0 radical (unpaired) electrons. The van der Waals surface area contributed by atoms with Gasteiger partial charge in [0.15, 0.2) is 0 Å². The van der Waals surface area contributed by atoms with E-state index in [1.165, 1.54) is 11.6 Å². The Morgan fingerprint density at radius 3 is 2.61 bits per heavy atom. The second kappa shape index (κ2) is 7.44. The minimum absolute atomic E-state index is 0.199. The van der Waals surface area contributed by atoms with E-state index in [4.69, 9.17) is 0 Å². The second-order valence-electron chi connectivity index (χ2n) is 9.71. The molecule has 2 atom stereocenters. The van der Waals surface area contributed by atoms with Gasteiger partial charge in [0.25, 0.3) is 0 Å². The van der Waals surface area contributed by atoms with Crippen LogP contribution in [0.1, 0.15) is 28.8 Å². The Kier molecular flexibility index (Phi) is 4.61. The third-order valence-electron chi connectivity index (χ3n) is 7.79. The summed E-state index contributed by atoms with van der Waals surface area (Å²) in [5.74, 6) is -0.0557. The zero-order valence-electron chi connectivity index (χ0n) is 18.4. The average Bonchev–Trinajstić information content (AvgIpc) is 3.15. The second-order valence-corrected chi connectivity index (χ2v) is 9.71. The Morgan fingerprint density at radius 1 is 0.970 bits per heavy atom. The Labute approximate surface area is 192 Å². The van der Waals surface area contributed by atoms with Gasteiger partial charge in [-0.3, -0.25) is 4.90 Å². The van der Waals surface area contributed by atoms with Gasteiger partial charge in [-0.25, -0.2) is 4.39 Å². The SMILES string of the molecule is Oc1cccc(C23CCN(Cc4ccccc4)CC2(O)Cc2c([nH]c4cccc(F)c24)C3)c1. The molecule has 4 aromatic rings. The van der Waals surface area contributed by atoms with E-state index < -0.39 is 11.0 Å². The van der Waals surface area contributed by atoms with Crippen LogP contribution in [0.4, 0.5) is 4.39 Å². The molecule has 0 amide bonds. The number of H-pyrrole nitrogens is 1. The highest BCUT2D eigenvalue weighted by Gasteiger charge is 2.57. The number of aliphatic hydroxyl groups is 1. The summed E-state index contributed by atoms with van der Waals surface area (Å²) in [7, 11) is 0. The van der Waals surface area contributed by atoms with Gasteiger partial charge in [-0.05, 0) is 53.9 Å². The molecule has 2 unspecified atom stereocenters. The summed E-state index contributed by atoms with van der Waals surface area (Å²) in [6.45, 7) is 2.07. The highest BCUT2D eigenvalue weighted by atomic mass is 19.1. The first-order valence-corrected chi connectivity index (χ1v) is 11.5. The zero-order valence-corrected chi connectivity index (χ0v) is 18.4. The van der Waals surface area contributed by atoms with Crippen molar-refractivity contribution in [3.8, 4) is 5.75 Å².